The number of dihydropyridines is 1. The van der Waals surface area contributed by atoms with Crippen LogP contribution < -0.4 is 16.4 Å². The van der Waals surface area contributed by atoms with Gasteiger partial charge >= 0.3 is 6.03 Å². The minimum absolute atomic E-state index is 0.231. The van der Waals surface area contributed by atoms with Crippen molar-refractivity contribution in [1.29, 1.82) is 0 Å². The number of amides is 3. The highest BCUT2D eigenvalue weighted by atomic mass is 16.5. The molecule has 1 aromatic carbocycles. The minimum Gasteiger partial charge on any atom is -0.386 e. The number of rotatable bonds is 7. The minimum atomic E-state index is -0.598. The predicted molar refractivity (Wildman–Crippen MR) is 127 cm³/mol. The fourth-order valence-corrected chi connectivity index (χ4v) is 4.56. The van der Waals surface area contributed by atoms with Crippen LogP contribution in [0.5, 0.6) is 0 Å². The molecule has 0 saturated carbocycles. The largest absolute Gasteiger partial charge is 0.386 e. The predicted octanol–water partition coefficient (Wildman–Crippen LogP) is 3.50. The molecule has 4 rings (SSSR count). The van der Waals surface area contributed by atoms with Gasteiger partial charge < -0.3 is 21.1 Å². The first-order chi connectivity index (χ1) is 16.0. The molecule has 1 aliphatic carbocycles. The first kappa shape index (κ1) is 22.9. The highest BCUT2D eigenvalue weighted by Gasteiger charge is 2.52. The van der Waals surface area contributed by atoms with Crippen molar-refractivity contribution < 1.29 is 14.3 Å². The van der Waals surface area contributed by atoms with E-state index < -0.39 is 18.2 Å². The number of urea groups is 1. The highest BCUT2D eigenvalue weighted by Crippen LogP contribution is 2.35. The van der Waals surface area contributed by atoms with Gasteiger partial charge in [0.05, 0.1) is 17.8 Å². The maximum Gasteiger partial charge on any atom is 0.327 e. The fourth-order valence-electron chi connectivity index (χ4n) is 4.56. The topological polar surface area (TPSA) is 96.7 Å². The summed E-state index contributed by atoms with van der Waals surface area (Å²) >= 11 is 0. The van der Waals surface area contributed by atoms with E-state index in [0.717, 1.165) is 23.1 Å². The lowest BCUT2D eigenvalue weighted by Gasteiger charge is -2.45. The first-order valence-corrected chi connectivity index (χ1v) is 11.6. The number of benzene rings is 1. The Bertz CT molecular complexity index is 1010. The molecule has 4 atom stereocenters. The Hall–Kier alpha value is -3.32. The Balaban J connectivity index is 1.52. The number of nitrogens with zero attached hydrogens (tertiary/aromatic N) is 1. The van der Waals surface area contributed by atoms with Crippen molar-refractivity contribution in [2.75, 3.05) is 13.2 Å². The molecule has 0 aromatic heterocycles. The van der Waals surface area contributed by atoms with Crippen molar-refractivity contribution in [2.45, 2.75) is 39.0 Å². The fraction of sp³-hybridized carbons (Fsp3) is 0.385. The van der Waals surface area contributed by atoms with Crippen LogP contribution in [0.3, 0.4) is 0 Å². The summed E-state index contributed by atoms with van der Waals surface area (Å²) in [4.78, 5) is 27.6. The van der Waals surface area contributed by atoms with Gasteiger partial charge in [-0.1, -0.05) is 61.6 Å². The average Bonchev–Trinajstić information content (AvgIpc) is 2.81. The number of hydrogen-bond donors (Lipinski definition) is 3. The van der Waals surface area contributed by atoms with Crippen LogP contribution in [-0.4, -0.2) is 36.2 Å². The molecule has 1 saturated heterocycles. The van der Waals surface area contributed by atoms with Gasteiger partial charge in [0.2, 0.25) is 5.91 Å². The molecule has 3 aliphatic rings. The summed E-state index contributed by atoms with van der Waals surface area (Å²) in [5, 5.41) is 6.11. The number of nitrogens with one attached hydrogen (secondary N) is 2. The van der Waals surface area contributed by atoms with Gasteiger partial charge in [0.1, 0.15) is 0 Å². The summed E-state index contributed by atoms with van der Waals surface area (Å²) < 4.78 is 5.83. The number of ether oxygens (including phenoxy) is 1. The molecule has 1 aromatic rings. The maximum absolute atomic E-state index is 13.3. The van der Waals surface area contributed by atoms with Crippen molar-refractivity contribution in [2.24, 2.45) is 17.6 Å². The summed E-state index contributed by atoms with van der Waals surface area (Å²) in [6, 6.07) is 9.03. The van der Waals surface area contributed by atoms with Gasteiger partial charge in [0.15, 0.2) is 6.23 Å². The molecular formula is C26H32N4O3. The molecule has 174 valence electrons. The Morgan fingerprint density at radius 1 is 1.33 bits per heavy atom. The van der Waals surface area contributed by atoms with Crippen molar-refractivity contribution in [1.82, 2.24) is 15.5 Å². The molecule has 3 amide bonds. The van der Waals surface area contributed by atoms with Crippen molar-refractivity contribution in [3.05, 3.63) is 83.2 Å². The van der Waals surface area contributed by atoms with Gasteiger partial charge in [-0.15, -0.1) is 0 Å². The number of imide groups is 1. The van der Waals surface area contributed by atoms with Gasteiger partial charge in [-0.25, -0.2) is 9.69 Å². The van der Waals surface area contributed by atoms with Crippen LogP contribution in [0.15, 0.2) is 77.7 Å². The summed E-state index contributed by atoms with van der Waals surface area (Å²) in [5.74, 6) is 0.326. The van der Waals surface area contributed by atoms with Gasteiger partial charge in [-0.3, -0.25) is 4.79 Å². The zero-order valence-electron chi connectivity index (χ0n) is 19.2. The highest BCUT2D eigenvalue weighted by molar-refractivity contribution is 6.01. The van der Waals surface area contributed by atoms with E-state index in [1.54, 1.807) is 0 Å². The summed E-state index contributed by atoms with van der Waals surface area (Å²) in [7, 11) is 0. The molecule has 2 unspecified atom stereocenters. The number of carbonyl (C=O) groups is 2. The maximum atomic E-state index is 13.3. The van der Waals surface area contributed by atoms with Crippen LogP contribution in [-0.2, 0) is 9.53 Å². The van der Waals surface area contributed by atoms with E-state index in [1.807, 2.05) is 49.4 Å². The van der Waals surface area contributed by atoms with Crippen molar-refractivity contribution in [3.63, 3.8) is 0 Å². The van der Waals surface area contributed by atoms with E-state index in [-0.39, 0.29) is 11.9 Å². The van der Waals surface area contributed by atoms with Gasteiger partial charge in [-0.2, -0.15) is 0 Å². The standard InChI is InChI=1S/C26H32N4O3/c1-3-33-25-21(15-18-12-13-28-22(27)16-18)24(31)30(25)26(32)29-23(19-9-5-4-6-10-19)20-11-7-8-17(2)14-20/h4-7,9-12,14,16-17,21,23,25,28H,3,8,13,15,27H2,1-2H3,(H,29,32)/t17?,21-,23?,25+/m0/s1. The Kier molecular flexibility index (Phi) is 6.99. The summed E-state index contributed by atoms with van der Waals surface area (Å²) in [6.45, 7) is 5.05. The molecule has 33 heavy (non-hydrogen) atoms. The number of likely N-dealkylation sites (tertiary alicyclic amines) is 1. The van der Waals surface area contributed by atoms with Crippen LogP contribution in [0.2, 0.25) is 0 Å². The number of allylic oxidation sites excluding steroid dienone is 4. The van der Waals surface area contributed by atoms with E-state index in [2.05, 4.69) is 35.8 Å². The summed E-state index contributed by atoms with van der Waals surface area (Å²) in [6.07, 6.45) is 11.1. The van der Waals surface area contributed by atoms with Gasteiger partial charge in [0, 0.05) is 13.2 Å². The molecule has 0 radical (unpaired) electrons. The summed E-state index contributed by atoms with van der Waals surface area (Å²) in [5.41, 5.74) is 8.82. The van der Waals surface area contributed by atoms with Gasteiger partial charge in [-0.05, 0) is 48.5 Å². The number of β-lactam (4-membered cyclic amide) rings is 1. The van der Waals surface area contributed by atoms with Crippen molar-refractivity contribution >= 4 is 11.9 Å². The lowest BCUT2D eigenvalue weighted by Crippen LogP contribution is -2.66. The lowest BCUT2D eigenvalue weighted by molar-refractivity contribution is -0.180. The van der Waals surface area contributed by atoms with Gasteiger partial charge in [0.25, 0.3) is 0 Å². The third-order valence-corrected chi connectivity index (χ3v) is 6.21. The van der Waals surface area contributed by atoms with Crippen LogP contribution in [0, 0.1) is 11.8 Å². The molecule has 0 spiro atoms. The molecule has 0 bridgehead atoms. The zero-order chi connectivity index (χ0) is 23.4. The number of hydrogen-bond acceptors (Lipinski definition) is 5. The van der Waals surface area contributed by atoms with Crippen LogP contribution >= 0.6 is 0 Å². The second kappa shape index (κ2) is 10.1. The average molecular weight is 449 g/mol. The molecule has 4 N–H and O–H groups in total. The molecular weight excluding hydrogens is 416 g/mol. The Morgan fingerprint density at radius 3 is 2.82 bits per heavy atom. The van der Waals surface area contributed by atoms with Crippen LogP contribution in [0.4, 0.5) is 4.79 Å². The zero-order valence-corrected chi connectivity index (χ0v) is 19.2. The SMILES string of the molecule is CCO[C@@H]1[C@@H](CC2=CCNC(N)=C2)C(=O)N1C(=O)NC(C1=CC(C)CC=C1)c1ccccc1. The second-order valence-corrected chi connectivity index (χ2v) is 8.70. The second-order valence-electron chi connectivity index (χ2n) is 8.70. The lowest BCUT2D eigenvalue weighted by atomic mass is 9.87. The quantitative estimate of drug-likeness (QED) is 0.555. The molecule has 2 heterocycles. The Labute approximate surface area is 195 Å². The first-order valence-electron chi connectivity index (χ1n) is 11.6. The normalized spacial score (nSPS) is 25.3. The molecule has 7 heteroatoms. The van der Waals surface area contributed by atoms with E-state index in [1.165, 1.54) is 4.90 Å². The van der Waals surface area contributed by atoms with Crippen LogP contribution in [0.1, 0.15) is 38.3 Å². The number of nitrogens with two attached hydrogens (primary N) is 1. The smallest absolute Gasteiger partial charge is 0.327 e. The molecule has 7 nitrogen and oxygen atoms in total. The molecule has 2 aliphatic heterocycles. The Morgan fingerprint density at radius 2 is 2.12 bits per heavy atom. The van der Waals surface area contributed by atoms with E-state index >= 15 is 0 Å². The monoisotopic (exact) mass is 448 g/mol. The third kappa shape index (κ3) is 5.03. The van der Waals surface area contributed by atoms with Crippen LogP contribution in [0.25, 0.3) is 0 Å². The molecule has 1 fully saturated rings. The van der Waals surface area contributed by atoms with E-state index in [4.69, 9.17) is 10.5 Å². The van der Waals surface area contributed by atoms with E-state index in [0.29, 0.717) is 31.3 Å². The number of carbonyl (C=O) groups excluding carboxylic acids is 2. The third-order valence-electron chi connectivity index (χ3n) is 6.21. The van der Waals surface area contributed by atoms with E-state index in [9.17, 15) is 9.59 Å². The van der Waals surface area contributed by atoms with Crippen molar-refractivity contribution in [3.8, 4) is 0 Å².